The summed E-state index contributed by atoms with van der Waals surface area (Å²) >= 11 is 7.64. The number of thiophene rings is 1. The van der Waals surface area contributed by atoms with Crippen LogP contribution in [0.3, 0.4) is 0 Å². The molecule has 3 aromatic carbocycles. The molecule has 7 nitrogen and oxygen atoms in total. The van der Waals surface area contributed by atoms with E-state index in [9.17, 15) is 9.59 Å². The maximum Gasteiger partial charge on any atom is 0.355 e. The molecule has 9 heteroatoms. The van der Waals surface area contributed by atoms with Crippen LogP contribution in [0.2, 0.25) is 5.02 Å². The maximum absolute atomic E-state index is 12.7. The Morgan fingerprint density at radius 3 is 2.42 bits per heavy atom. The van der Waals surface area contributed by atoms with Gasteiger partial charge in [0.15, 0.2) is 0 Å². The first-order valence-corrected chi connectivity index (χ1v) is 11.9. The third-order valence-electron chi connectivity index (χ3n) is 4.98. The summed E-state index contributed by atoms with van der Waals surface area (Å²) in [5, 5.41) is 5.09. The van der Waals surface area contributed by atoms with E-state index in [4.69, 9.17) is 25.8 Å². The molecule has 0 aliphatic rings. The van der Waals surface area contributed by atoms with E-state index in [2.05, 4.69) is 17.1 Å². The summed E-state index contributed by atoms with van der Waals surface area (Å²) in [6, 6.07) is 18.8. The largest absolute Gasteiger partial charge is 0.497 e. The molecule has 0 radical (unpaired) electrons. The van der Waals surface area contributed by atoms with Crippen LogP contribution >= 0.6 is 22.9 Å². The molecule has 0 saturated heterocycles. The quantitative estimate of drug-likeness (QED) is 0.0945. The van der Waals surface area contributed by atoms with Gasteiger partial charge in [-0.05, 0) is 72.3 Å². The van der Waals surface area contributed by atoms with Crippen LogP contribution in [0, 0.1) is 0 Å². The van der Waals surface area contributed by atoms with Crippen molar-refractivity contribution in [2.75, 3.05) is 13.7 Å². The number of hydrogen-bond acceptors (Lipinski definition) is 7. The number of nitrogens with zero attached hydrogens (tertiary/aromatic N) is 1. The van der Waals surface area contributed by atoms with Crippen LogP contribution in [-0.2, 0) is 0 Å². The number of amides is 1. The first-order valence-electron chi connectivity index (χ1n) is 10.7. The van der Waals surface area contributed by atoms with Crippen molar-refractivity contribution in [3.63, 3.8) is 0 Å². The average molecular weight is 521 g/mol. The second kappa shape index (κ2) is 11.5. The number of halogens is 1. The molecule has 0 aliphatic carbocycles. The predicted molar refractivity (Wildman–Crippen MR) is 142 cm³/mol. The van der Waals surface area contributed by atoms with Gasteiger partial charge >= 0.3 is 5.97 Å². The third-order valence-corrected chi connectivity index (χ3v) is 6.61. The molecule has 0 unspecified atom stereocenters. The van der Waals surface area contributed by atoms with Gasteiger partial charge in [0.25, 0.3) is 5.91 Å². The fourth-order valence-electron chi connectivity index (χ4n) is 3.17. The fourth-order valence-corrected chi connectivity index (χ4v) is 4.58. The molecule has 0 aliphatic heterocycles. The van der Waals surface area contributed by atoms with Crippen molar-refractivity contribution < 1.29 is 23.8 Å². The summed E-state index contributed by atoms with van der Waals surface area (Å²) in [5.41, 5.74) is 3.62. The summed E-state index contributed by atoms with van der Waals surface area (Å²) in [7, 11) is 1.58. The van der Waals surface area contributed by atoms with Crippen molar-refractivity contribution >= 4 is 51.1 Å². The lowest BCUT2D eigenvalue weighted by Gasteiger charge is -2.04. The van der Waals surface area contributed by atoms with Gasteiger partial charge in [0, 0.05) is 15.6 Å². The van der Waals surface area contributed by atoms with Crippen molar-refractivity contribution in [2.45, 2.75) is 0 Å². The van der Waals surface area contributed by atoms with Crippen molar-refractivity contribution in [3.8, 4) is 17.2 Å². The molecule has 36 heavy (non-hydrogen) atoms. The molecular formula is C27H21ClN2O5S. The Labute approximate surface area is 216 Å². The number of nitrogens with one attached hydrogen (secondary N) is 1. The number of rotatable bonds is 9. The van der Waals surface area contributed by atoms with E-state index in [1.54, 1.807) is 67.8 Å². The third kappa shape index (κ3) is 5.91. The number of hydrazone groups is 1. The van der Waals surface area contributed by atoms with Crippen molar-refractivity contribution in [1.29, 1.82) is 0 Å². The Balaban J connectivity index is 1.34. The summed E-state index contributed by atoms with van der Waals surface area (Å²) in [5.74, 6) is 0.775. The second-order valence-electron chi connectivity index (χ2n) is 7.39. The Morgan fingerprint density at radius 2 is 1.72 bits per heavy atom. The number of fused-ring (bicyclic) bond motifs is 1. The number of methoxy groups -OCH3 is 1. The molecule has 0 spiro atoms. The zero-order chi connectivity index (χ0) is 25.5. The Bertz CT molecular complexity index is 1430. The Morgan fingerprint density at radius 1 is 1.03 bits per heavy atom. The highest BCUT2D eigenvalue weighted by atomic mass is 35.5. The highest BCUT2D eigenvalue weighted by Gasteiger charge is 2.19. The van der Waals surface area contributed by atoms with Crippen LogP contribution in [0.4, 0.5) is 0 Å². The average Bonchev–Trinajstić information content (AvgIpc) is 3.24. The van der Waals surface area contributed by atoms with Gasteiger partial charge in [-0.15, -0.1) is 11.3 Å². The maximum atomic E-state index is 12.7. The van der Waals surface area contributed by atoms with Crippen LogP contribution in [0.15, 0.2) is 84.5 Å². The molecule has 4 rings (SSSR count). The zero-order valence-corrected chi connectivity index (χ0v) is 20.8. The van der Waals surface area contributed by atoms with Crippen LogP contribution in [0.5, 0.6) is 17.2 Å². The monoisotopic (exact) mass is 520 g/mol. The number of ether oxygens (including phenoxy) is 3. The van der Waals surface area contributed by atoms with Crippen molar-refractivity contribution in [3.05, 3.63) is 100 Å². The first-order chi connectivity index (χ1) is 17.5. The van der Waals surface area contributed by atoms with E-state index in [0.717, 1.165) is 10.1 Å². The molecule has 1 heterocycles. The molecular weight excluding hydrogens is 500 g/mol. The van der Waals surface area contributed by atoms with E-state index in [-0.39, 0.29) is 5.91 Å². The predicted octanol–water partition coefficient (Wildman–Crippen LogP) is 6.11. The standard InChI is InChI=1S/C27H21ClN2O5S/c1-3-14-34-19-10-6-18(7-11-19)26(31)30-29-16-17-4-8-20(9-5-17)35-27(32)25-24(28)22-13-12-21(33-2)15-23(22)36-25/h3-13,15-16H,1,14H2,2H3,(H,30,31)/b29-16+. The lowest BCUT2D eigenvalue weighted by Crippen LogP contribution is -2.17. The molecule has 0 atom stereocenters. The highest BCUT2D eigenvalue weighted by molar-refractivity contribution is 7.21. The Hall–Kier alpha value is -4.14. The van der Waals surface area contributed by atoms with Gasteiger partial charge in [0.1, 0.15) is 28.7 Å². The second-order valence-corrected chi connectivity index (χ2v) is 8.82. The SMILES string of the molecule is C=CCOc1ccc(C(=O)N/N=C/c2ccc(OC(=O)c3sc4cc(OC)ccc4c3Cl)cc2)cc1. The minimum Gasteiger partial charge on any atom is -0.497 e. The van der Waals surface area contributed by atoms with Gasteiger partial charge in [-0.1, -0.05) is 24.3 Å². The van der Waals surface area contributed by atoms with Crippen LogP contribution < -0.4 is 19.6 Å². The molecule has 4 aromatic rings. The van der Waals surface area contributed by atoms with Gasteiger partial charge in [-0.2, -0.15) is 5.10 Å². The van der Waals surface area contributed by atoms with Gasteiger partial charge in [-0.25, -0.2) is 10.2 Å². The van der Waals surface area contributed by atoms with Crippen LogP contribution in [0.1, 0.15) is 25.6 Å². The highest BCUT2D eigenvalue weighted by Crippen LogP contribution is 2.37. The van der Waals surface area contributed by atoms with Gasteiger partial charge in [-0.3, -0.25) is 4.79 Å². The number of benzene rings is 3. The molecule has 1 aromatic heterocycles. The summed E-state index contributed by atoms with van der Waals surface area (Å²) in [6.45, 7) is 3.98. The topological polar surface area (TPSA) is 86.2 Å². The summed E-state index contributed by atoms with van der Waals surface area (Å²) in [4.78, 5) is 25.2. The molecule has 1 amide bonds. The van der Waals surface area contributed by atoms with Gasteiger partial charge in [0.2, 0.25) is 0 Å². The van der Waals surface area contributed by atoms with Crippen molar-refractivity contribution in [2.24, 2.45) is 5.10 Å². The summed E-state index contributed by atoms with van der Waals surface area (Å²) in [6.07, 6.45) is 3.13. The molecule has 182 valence electrons. The minimum atomic E-state index is -0.547. The molecule has 0 saturated carbocycles. The van der Waals surface area contributed by atoms with E-state index in [1.165, 1.54) is 17.6 Å². The van der Waals surface area contributed by atoms with Gasteiger partial charge < -0.3 is 14.2 Å². The minimum absolute atomic E-state index is 0.313. The first kappa shape index (κ1) is 25.0. The van der Waals surface area contributed by atoms with Gasteiger partial charge in [0.05, 0.1) is 18.3 Å². The van der Waals surface area contributed by atoms with E-state index in [1.807, 2.05) is 12.1 Å². The smallest absolute Gasteiger partial charge is 0.355 e. The number of hydrogen-bond donors (Lipinski definition) is 1. The molecule has 1 N–H and O–H groups in total. The summed E-state index contributed by atoms with van der Waals surface area (Å²) < 4.78 is 16.9. The molecule has 0 bridgehead atoms. The van der Waals surface area contributed by atoms with Crippen molar-refractivity contribution in [1.82, 2.24) is 5.43 Å². The number of carbonyl (C=O) groups excluding carboxylic acids is 2. The van der Waals surface area contributed by atoms with Crippen LogP contribution in [-0.4, -0.2) is 31.8 Å². The fraction of sp³-hybridized carbons (Fsp3) is 0.0741. The molecule has 0 fully saturated rings. The normalized spacial score (nSPS) is 10.8. The lowest BCUT2D eigenvalue weighted by molar-refractivity contribution is 0.0739. The van der Waals surface area contributed by atoms with Crippen LogP contribution in [0.25, 0.3) is 10.1 Å². The zero-order valence-electron chi connectivity index (χ0n) is 19.2. The number of esters is 1. The lowest BCUT2D eigenvalue weighted by atomic mass is 10.2. The van der Waals surface area contributed by atoms with E-state index < -0.39 is 5.97 Å². The van der Waals surface area contributed by atoms with E-state index >= 15 is 0 Å². The van der Waals surface area contributed by atoms with E-state index in [0.29, 0.717) is 44.9 Å². The Kier molecular flexibility index (Phi) is 7.99. The number of carbonyl (C=O) groups is 2.